The molecular formula is C23H24FN5O. The maximum absolute atomic E-state index is 13.1. The predicted molar refractivity (Wildman–Crippen MR) is 115 cm³/mol. The number of anilines is 1. The summed E-state index contributed by atoms with van der Waals surface area (Å²) in [7, 11) is 0. The van der Waals surface area contributed by atoms with Crippen molar-refractivity contribution in [3.05, 3.63) is 71.9 Å². The molecule has 0 unspecified atom stereocenters. The van der Waals surface area contributed by atoms with E-state index in [4.69, 9.17) is 4.74 Å². The van der Waals surface area contributed by atoms with Gasteiger partial charge in [-0.15, -0.1) is 0 Å². The average molecular weight is 405 g/mol. The van der Waals surface area contributed by atoms with E-state index in [1.807, 2.05) is 29.9 Å². The van der Waals surface area contributed by atoms with Gasteiger partial charge in [-0.3, -0.25) is 4.68 Å². The number of rotatable bonds is 7. The molecule has 30 heavy (non-hydrogen) atoms. The molecule has 0 aliphatic heterocycles. The van der Waals surface area contributed by atoms with Crippen molar-refractivity contribution in [1.29, 1.82) is 0 Å². The van der Waals surface area contributed by atoms with Gasteiger partial charge in [-0.05, 0) is 54.8 Å². The number of halogens is 1. The summed E-state index contributed by atoms with van der Waals surface area (Å²) in [5, 5.41) is 9.06. The molecule has 0 fully saturated rings. The summed E-state index contributed by atoms with van der Waals surface area (Å²) >= 11 is 0. The molecule has 0 aliphatic carbocycles. The summed E-state index contributed by atoms with van der Waals surface area (Å²) in [6, 6.07) is 9.82. The topological polar surface area (TPSA) is 64.9 Å². The van der Waals surface area contributed by atoms with E-state index in [0.29, 0.717) is 24.1 Å². The Kier molecular flexibility index (Phi) is 5.61. The van der Waals surface area contributed by atoms with Crippen LogP contribution in [0, 0.1) is 18.7 Å². The first-order valence-electron chi connectivity index (χ1n) is 9.93. The normalized spacial score (nSPS) is 11.2. The van der Waals surface area contributed by atoms with Gasteiger partial charge in [-0.2, -0.15) is 5.10 Å². The molecule has 4 rings (SSSR count). The molecule has 0 bridgehead atoms. The van der Waals surface area contributed by atoms with Crippen molar-refractivity contribution in [2.75, 3.05) is 11.9 Å². The second-order valence-electron chi connectivity index (χ2n) is 7.72. The Hall–Kier alpha value is -3.48. The third kappa shape index (κ3) is 4.56. The number of nitrogens with zero attached hydrogens (tertiary/aromatic N) is 4. The number of fused-ring (bicyclic) bond motifs is 1. The van der Waals surface area contributed by atoms with Crippen molar-refractivity contribution in [3.8, 4) is 11.6 Å². The molecule has 6 nitrogen and oxygen atoms in total. The quantitative estimate of drug-likeness (QED) is 0.459. The molecule has 3 heterocycles. The number of aryl methyl sites for hydroxylation is 1. The highest BCUT2D eigenvalue weighted by atomic mass is 19.1. The summed E-state index contributed by atoms with van der Waals surface area (Å²) in [4.78, 5) is 8.88. The summed E-state index contributed by atoms with van der Waals surface area (Å²) in [6.45, 7) is 7.70. The lowest BCUT2D eigenvalue weighted by Crippen LogP contribution is -2.09. The van der Waals surface area contributed by atoms with Gasteiger partial charge < -0.3 is 10.1 Å². The molecule has 0 radical (unpaired) electrons. The number of nitrogens with one attached hydrogen (secondary N) is 1. The summed E-state index contributed by atoms with van der Waals surface area (Å²) in [6.07, 6.45) is 5.55. The molecule has 0 saturated heterocycles. The van der Waals surface area contributed by atoms with Gasteiger partial charge in [0.1, 0.15) is 17.4 Å². The van der Waals surface area contributed by atoms with Gasteiger partial charge in [-0.1, -0.05) is 13.8 Å². The highest BCUT2D eigenvalue weighted by Crippen LogP contribution is 2.24. The molecule has 0 saturated carbocycles. The van der Waals surface area contributed by atoms with Crippen LogP contribution in [-0.2, 0) is 6.54 Å². The minimum Gasteiger partial charge on any atom is -0.439 e. The maximum atomic E-state index is 13.1. The Morgan fingerprint density at radius 1 is 1.13 bits per heavy atom. The van der Waals surface area contributed by atoms with Crippen molar-refractivity contribution in [2.24, 2.45) is 5.92 Å². The van der Waals surface area contributed by atoms with Crippen molar-refractivity contribution >= 4 is 16.7 Å². The zero-order chi connectivity index (χ0) is 21.1. The molecular weight excluding hydrogens is 381 g/mol. The van der Waals surface area contributed by atoms with Crippen LogP contribution in [0.5, 0.6) is 11.6 Å². The molecule has 3 aromatic heterocycles. The lowest BCUT2D eigenvalue weighted by molar-refractivity contribution is 0.456. The molecule has 7 heteroatoms. The number of hydrogen-bond acceptors (Lipinski definition) is 5. The van der Waals surface area contributed by atoms with Crippen LogP contribution < -0.4 is 10.1 Å². The minimum atomic E-state index is -0.299. The summed E-state index contributed by atoms with van der Waals surface area (Å²) < 4.78 is 20.7. The van der Waals surface area contributed by atoms with Crippen LogP contribution in [0.1, 0.15) is 25.0 Å². The van der Waals surface area contributed by atoms with Gasteiger partial charge in [0, 0.05) is 30.7 Å². The van der Waals surface area contributed by atoms with Crippen molar-refractivity contribution in [3.63, 3.8) is 0 Å². The first-order chi connectivity index (χ1) is 14.5. The summed E-state index contributed by atoms with van der Waals surface area (Å²) in [5.41, 5.74) is 2.81. The largest absolute Gasteiger partial charge is 0.439 e. The number of benzene rings is 1. The Bertz CT molecular complexity index is 1150. The standard InChI is InChI=1S/C23H24FN5O/c1-15(2)11-26-22-20-14-29(28-21(20)8-9-25-22)13-17-10-16(3)23(27-12-17)30-19-6-4-18(24)5-7-19/h4-10,12,14-15H,11,13H2,1-3H3,(H,25,26). The predicted octanol–water partition coefficient (Wildman–Crippen LogP) is 5.18. The van der Waals surface area contributed by atoms with Crippen LogP contribution in [0.4, 0.5) is 10.2 Å². The van der Waals surface area contributed by atoms with Crippen LogP contribution in [0.15, 0.2) is 55.0 Å². The monoisotopic (exact) mass is 405 g/mol. The van der Waals surface area contributed by atoms with E-state index >= 15 is 0 Å². The van der Waals surface area contributed by atoms with Crippen LogP contribution >= 0.6 is 0 Å². The van der Waals surface area contributed by atoms with Crippen LogP contribution in [0.2, 0.25) is 0 Å². The van der Waals surface area contributed by atoms with Gasteiger partial charge in [0.05, 0.1) is 17.4 Å². The first kappa shape index (κ1) is 19.8. The van der Waals surface area contributed by atoms with Crippen molar-refractivity contribution in [1.82, 2.24) is 19.7 Å². The van der Waals surface area contributed by atoms with Gasteiger partial charge in [0.25, 0.3) is 0 Å². The molecule has 0 amide bonds. The van der Waals surface area contributed by atoms with E-state index in [1.165, 1.54) is 12.1 Å². The van der Waals surface area contributed by atoms with E-state index in [1.54, 1.807) is 24.5 Å². The minimum absolute atomic E-state index is 0.299. The van der Waals surface area contributed by atoms with Gasteiger partial charge in [-0.25, -0.2) is 14.4 Å². The Balaban J connectivity index is 1.51. The highest BCUT2D eigenvalue weighted by molar-refractivity contribution is 5.88. The number of ether oxygens (including phenoxy) is 1. The molecule has 4 aromatic rings. The lowest BCUT2D eigenvalue weighted by atomic mass is 10.2. The zero-order valence-electron chi connectivity index (χ0n) is 17.3. The fourth-order valence-electron chi connectivity index (χ4n) is 3.13. The molecule has 1 aromatic carbocycles. The molecule has 0 atom stereocenters. The van der Waals surface area contributed by atoms with Gasteiger partial charge in [0.2, 0.25) is 5.88 Å². The van der Waals surface area contributed by atoms with Crippen LogP contribution in [0.25, 0.3) is 10.9 Å². The third-order valence-corrected chi connectivity index (χ3v) is 4.62. The van der Waals surface area contributed by atoms with Crippen LogP contribution in [-0.4, -0.2) is 26.3 Å². The fraction of sp³-hybridized carbons (Fsp3) is 0.261. The lowest BCUT2D eigenvalue weighted by Gasteiger charge is -2.09. The van der Waals surface area contributed by atoms with Crippen LogP contribution in [0.3, 0.4) is 0 Å². The van der Waals surface area contributed by atoms with Gasteiger partial charge in [0.15, 0.2) is 0 Å². The average Bonchev–Trinajstić information content (AvgIpc) is 3.13. The number of pyridine rings is 2. The van der Waals surface area contributed by atoms with Crippen molar-refractivity contribution < 1.29 is 9.13 Å². The second kappa shape index (κ2) is 8.49. The molecule has 1 N–H and O–H groups in total. The maximum Gasteiger partial charge on any atom is 0.222 e. The molecule has 0 aliphatic rings. The Labute approximate surface area is 174 Å². The van der Waals surface area contributed by atoms with E-state index in [2.05, 4.69) is 34.2 Å². The Morgan fingerprint density at radius 3 is 2.67 bits per heavy atom. The molecule has 0 spiro atoms. The zero-order valence-corrected chi connectivity index (χ0v) is 17.3. The van der Waals surface area contributed by atoms with E-state index in [9.17, 15) is 4.39 Å². The summed E-state index contributed by atoms with van der Waals surface area (Å²) in [5.74, 6) is 2.13. The first-order valence-corrected chi connectivity index (χ1v) is 9.93. The van der Waals surface area contributed by atoms with Crippen molar-refractivity contribution in [2.45, 2.75) is 27.3 Å². The molecule has 154 valence electrons. The SMILES string of the molecule is Cc1cc(Cn2cc3c(NCC(C)C)nccc3n2)cnc1Oc1ccc(F)cc1. The van der Waals surface area contributed by atoms with E-state index in [-0.39, 0.29) is 5.82 Å². The number of hydrogen-bond donors (Lipinski definition) is 1. The smallest absolute Gasteiger partial charge is 0.222 e. The van der Waals surface area contributed by atoms with E-state index < -0.39 is 0 Å². The second-order valence-corrected chi connectivity index (χ2v) is 7.72. The number of aromatic nitrogens is 4. The third-order valence-electron chi connectivity index (χ3n) is 4.62. The highest BCUT2D eigenvalue weighted by Gasteiger charge is 2.10. The van der Waals surface area contributed by atoms with E-state index in [0.717, 1.165) is 34.4 Å². The van der Waals surface area contributed by atoms with Gasteiger partial charge >= 0.3 is 0 Å². The fourth-order valence-corrected chi connectivity index (χ4v) is 3.13. The Morgan fingerprint density at radius 2 is 1.93 bits per heavy atom.